The van der Waals surface area contributed by atoms with Gasteiger partial charge in [0.2, 0.25) is 0 Å². The van der Waals surface area contributed by atoms with Gasteiger partial charge in [0, 0.05) is 0 Å². The van der Waals surface area contributed by atoms with Crippen molar-refractivity contribution < 1.29 is 54.9 Å². The first-order valence-electron chi connectivity index (χ1n) is 13.5. The van der Waals surface area contributed by atoms with Crippen molar-refractivity contribution >= 4 is 17.9 Å². The molecule has 0 aromatic heterocycles. The molecule has 230 valence electrons. The van der Waals surface area contributed by atoms with E-state index in [4.69, 9.17) is 9.47 Å². The van der Waals surface area contributed by atoms with Gasteiger partial charge in [-0.05, 0) is 97.1 Å². The summed E-state index contributed by atoms with van der Waals surface area (Å²) in [5, 5.41) is 0. The van der Waals surface area contributed by atoms with Gasteiger partial charge in [-0.1, -0.05) is 18.2 Å². The Morgan fingerprint density at radius 3 is 1.78 bits per heavy atom. The van der Waals surface area contributed by atoms with Gasteiger partial charge in [0.05, 0.1) is 16.2 Å². The normalized spacial score (nSPS) is 22.8. The molecule has 2 bridgehead atoms. The second-order valence-corrected chi connectivity index (χ2v) is 12.9. The number of halogens is 6. The van der Waals surface area contributed by atoms with Crippen LogP contribution in [-0.4, -0.2) is 42.5 Å². The maximum atomic E-state index is 13.7. The number of carbonyl (C=O) groups excluding carboxylic acids is 3. The number of rotatable bonds is 10. The molecule has 4 atom stereocenters. The van der Waals surface area contributed by atoms with Crippen molar-refractivity contribution in [2.45, 2.75) is 97.7 Å². The molecule has 0 saturated heterocycles. The minimum Gasteiger partial charge on any atom is -0.462 e. The second kappa shape index (κ2) is 11.5. The lowest BCUT2D eigenvalue weighted by Crippen LogP contribution is -2.49. The molecule has 0 spiro atoms. The number of carbonyl (C=O) groups is 3. The highest BCUT2D eigenvalue weighted by Gasteiger charge is 2.61. The second-order valence-electron chi connectivity index (χ2n) is 12.9. The van der Waals surface area contributed by atoms with E-state index in [1.54, 1.807) is 30.3 Å². The predicted molar refractivity (Wildman–Crippen MR) is 134 cm³/mol. The Labute approximate surface area is 235 Å². The highest BCUT2D eigenvalue weighted by Crippen LogP contribution is 2.49. The third-order valence-corrected chi connectivity index (χ3v) is 7.97. The zero-order chi connectivity index (χ0) is 31.0. The lowest BCUT2D eigenvalue weighted by molar-refractivity contribution is -0.315. The van der Waals surface area contributed by atoms with Crippen molar-refractivity contribution in [2.75, 3.05) is 0 Å². The number of alkyl halides is 6. The highest BCUT2D eigenvalue weighted by atomic mass is 19.4. The molecule has 6 nitrogen and oxygen atoms in total. The predicted octanol–water partition coefficient (Wildman–Crippen LogP) is 7.20. The average Bonchev–Trinajstić information content (AvgIpc) is 3.44. The SMILES string of the molecule is CC(C)(CC(C)(CC(C)(C)C(=O)OC(C(F)(F)F)C(F)(F)F)C(=O)OC1CC2CCC1C2)C(=O)Oc1ccccc1. The van der Waals surface area contributed by atoms with Crippen LogP contribution in [0.2, 0.25) is 0 Å². The smallest absolute Gasteiger partial charge is 0.434 e. The first-order chi connectivity index (χ1) is 18.6. The van der Waals surface area contributed by atoms with Gasteiger partial charge >= 0.3 is 30.3 Å². The molecular formula is C29H36F6O6. The minimum atomic E-state index is -5.89. The molecule has 0 amide bonds. The molecule has 2 aliphatic carbocycles. The number of para-hydroxylation sites is 1. The quantitative estimate of drug-likeness (QED) is 0.162. The maximum Gasteiger partial charge on any atom is 0.434 e. The number of hydrogen-bond acceptors (Lipinski definition) is 6. The molecule has 0 radical (unpaired) electrons. The molecule has 0 aliphatic heterocycles. The van der Waals surface area contributed by atoms with Crippen molar-refractivity contribution in [3.05, 3.63) is 30.3 Å². The van der Waals surface area contributed by atoms with Gasteiger partial charge in [-0.2, -0.15) is 26.3 Å². The van der Waals surface area contributed by atoms with E-state index in [9.17, 15) is 40.7 Å². The third-order valence-electron chi connectivity index (χ3n) is 7.97. The standard InChI is InChI=1S/C29H36F6O6/c1-25(2,22(36)39-19-9-7-6-8-10-19)15-27(5,24(38)40-20-14-17-11-12-18(20)13-17)16-26(3,4)23(37)41-21(28(30,31)32)29(33,34)35/h6-10,17-18,20-21H,11-16H2,1-5H3. The maximum absolute atomic E-state index is 13.7. The van der Waals surface area contributed by atoms with Gasteiger partial charge in [-0.3, -0.25) is 14.4 Å². The topological polar surface area (TPSA) is 78.9 Å². The summed E-state index contributed by atoms with van der Waals surface area (Å²) in [4.78, 5) is 39.6. The van der Waals surface area contributed by atoms with E-state index in [1.165, 1.54) is 20.8 Å². The van der Waals surface area contributed by atoms with E-state index in [0.29, 0.717) is 12.3 Å². The molecule has 3 rings (SSSR count). The zero-order valence-corrected chi connectivity index (χ0v) is 23.7. The summed E-state index contributed by atoms with van der Waals surface area (Å²) in [5.41, 5.74) is -5.06. The number of benzene rings is 1. The summed E-state index contributed by atoms with van der Waals surface area (Å²) in [6.07, 6.45) is -13.9. The Balaban J connectivity index is 1.87. The lowest BCUT2D eigenvalue weighted by atomic mass is 9.66. The van der Waals surface area contributed by atoms with Crippen LogP contribution in [0.3, 0.4) is 0 Å². The fourth-order valence-electron chi connectivity index (χ4n) is 6.23. The Hall–Kier alpha value is -2.79. The van der Waals surface area contributed by atoms with E-state index >= 15 is 0 Å². The Kier molecular flexibility index (Phi) is 9.16. The molecule has 41 heavy (non-hydrogen) atoms. The number of hydrogen-bond donors (Lipinski definition) is 0. The number of esters is 3. The summed E-state index contributed by atoms with van der Waals surface area (Å²) in [6.45, 7) is 6.57. The monoisotopic (exact) mass is 594 g/mol. The van der Waals surface area contributed by atoms with Gasteiger partial charge in [0.25, 0.3) is 6.10 Å². The molecule has 4 unspecified atom stereocenters. The minimum absolute atomic E-state index is 0.154. The van der Waals surface area contributed by atoms with Crippen LogP contribution in [0.4, 0.5) is 26.3 Å². The van der Waals surface area contributed by atoms with Crippen LogP contribution in [0.5, 0.6) is 5.75 Å². The summed E-state index contributed by atoms with van der Waals surface area (Å²) in [7, 11) is 0. The van der Waals surface area contributed by atoms with E-state index in [1.807, 2.05) is 0 Å². The van der Waals surface area contributed by atoms with Crippen LogP contribution < -0.4 is 4.74 Å². The molecule has 12 heteroatoms. The van der Waals surface area contributed by atoms with Crippen molar-refractivity contribution in [1.29, 1.82) is 0 Å². The molecule has 0 heterocycles. The average molecular weight is 595 g/mol. The summed E-state index contributed by atoms with van der Waals surface area (Å²) in [5.74, 6) is -2.50. The lowest BCUT2D eigenvalue weighted by Gasteiger charge is -2.40. The van der Waals surface area contributed by atoms with Crippen LogP contribution in [0.25, 0.3) is 0 Å². The molecule has 2 fully saturated rings. The summed E-state index contributed by atoms with van der Waals surface area (Å²) >= 11 is 0. The van der Waals surface area contributed by atoms with Crippen LogP contribution in [0.15, 0.2) is 30.3 Å². The first kappa shape index (κ1) is 32.7. The van der Waals surface area contributed by atoms with Crippen LogP contribution in [0.1, 0.15) is 73.1 Å². The van der Waals surface area contributed by atoms with E-state index in [0.717, 1.165) is 33.1 Å². The van der Waals surface area contributed by atoms with Gasteiger partial charge in [0.1, 0.15) is 11.9 Å². The van der Waals surface area contributed by atoms with E-state index in [2.05, 4.69) is 4.74 Å². The fourth-order valence-corrected chi connectivity index (χ4v) is 6.23. The van der Waals surface area contributed by atoms with Crippen molar-refractivity contribution in [3.63, 3.8) is 0 Å². The van der Waals surface area contributed by atoms with Crippen LogP contribution in [0, 0.1) is 28.1 Å². The first-order valence-corrected chi connectivity index (χ1v) is 13.5. The van der Waals surface area contributed by atoms with Gasteiger partial charge in [0.15, 0.2) is 0 Å². The molecule has 1 aromatic rings. The van der Waals surface area contributed by atoms with Crippen LogP contribution in [-0.2, 0) is 23.9 Å². The van der Waals surface area contributed by atoms with Crippen molar-refractivity contribution in [1.82, 2.24) is 0 Å². The van der Waals surface area contributed by atoms with E-state index < -0.39 is 65.1 Å². The van der Waals surface area contributed by atoms with Crippen molar-refractivity contribution in [3.8, 4) is 5.75 Å². The third kappa shape index (κ3) is 7.94. The van der Waals surface area contributed by atoms with Gasteiger partial charge < -0.3 is 14.2 Å². The van der Waals surface area contributed by atoms with E-state index in [-0.39, 0.29) is 18.1 Å². The zero-order valence-electron chi connectivity index (χ0n) is 23.7. The molecular weight excluding hydrogens is 558 g/mol. The molecule has 1 aromatic carbocycles. The molecule has 2 saturated carbocycles. The fraction of sp³-hybridized carbons (Fsp3) is 0.690. The van der Waals surface area contributed by atoms with Crippen LogP contribution >= 0.6 is 0 Å². The Morgan fingerprint density at radius 1 is 0.780 bits per heavy atom. The summed E-state index contributed by atoms with van der Waals surface area (Å²) in [6, 6.07) is 8.11. The van der Waals surface area contributed by atoms with Crippen molar-refractivity contribution in [2.24, 2.45) is 28.1 Å². The van der Waals surface area contributed by atoms with Gasteiger partial charge in [-0.15, -0.1) is 0 Å². The Bertz CT molecular complexity index is 1100. The number of ether oxygens (including phenoxy) is 3. The highest BCUT2D eigenvalue weighted by molar-refractivity contribution is 5.83. The van der Waals surface area contributed by atoms with Gasteiger partial charge in [-0.25, -0.2) is 0 Å². The molecule has 2 aliphatic rings. The largest absolute Gasteiger partial charge is 0.462 e. The summed E-state index contributed by atoms with van der Waals surface area (Å²) < 4.78 is 93.9. The molecule has 0 N–H and O–H groups in total. The Morgan fingerprint density at radius 2 is 1.32 bits per heavy atom. The number of fused-ring (bicyclic) bond motifs is 2.